The second-order valence-electron chi connectivity index (χ2n) is 17.1. The summed E-state index contributed by atoms with van der Waals surface area (Å²) in [5, 5.41) is 24.7. The number of aliphatic hydroxyl groups is 1. The third-order valence-corrected chi connectivity index (χ3v) is 12.0. The molecule has 65 heavy (non-hydrogen) atoms. The quantitative estimate of drug-likeness (QED) is 0.0717. The Morgan fingerprint density at radius 2 is 1.66 bits per heavy atom. The van der Waals surface area contributed by atoms with Gasteiger partial charge in [-0.3, -0.25) is 14.4 Å². The highest BCUT2D eigenvalue weighted by Crippen LogP contribution is 2.30. The molecule has 3 heterocycles. The maximum Gasteiger partial charge on any atom is 0.246 e. The second-order valence-corrected chi connectivity index (χ2v) is 17.9. The predicted molar refractivity (Wildman–Crippen MR) is 246 cm³/mol. The number of β-amino-alcohol motifs (C(OH)–C–C–N with tert-alkyl or cyclic N) is 1. The first-order valence-electron chi connectivity index (χ1n) is 21.8. The minimum atomic E-state index is -0.964. The lowest BCUT2D eigenvalue weighted by atomic mass is 9.85. The molecule has 1 saturated heterocycles. The van der Waals surface area contributed by atoms with E-state index in [0.29, 0.717) is 18.8 Å². The number of nitrogens with zero attached hydrogens (tertiary/aromatic N) is 5. The van der Waals surface area contributed by atoms with Crippen LogP contribution in [-0.4, -0.2) is 113 Å². The molecular formula is C48H61N7O9S. The minimum absolute atomic E-state index is 0.0147. The topological polar surface area (TPSA) is 188 Å². The fourth-order valence-electron chi connectivity index (χ4n) is 7.52. The van der Waals surface area contributed by atoms with E-state index in [0.717, 1.165) is 58.2 Å². The summed E-state index contributed by atoms with van der Waals surface area (Å²) in [6, 6.07) is 20.1. The van der Waals surface area contributed by atoms with E-state index in [1.54, 1.807) is 30.2 Å². The largest absolute Gasteiger partial charge is 0.493 e. The lowest BCUT2D eigenvalue weighted by Gasteiger charge is -2.35. The van der Waals surface area contributed by atoms with Crippen LogP contribution in [0.5, 0.6) is 17.2 Å². The van der Waals surface area contributed by atoms with Crippen LogP contribution in [0, 0.1) is 12.3 Å². The molecule has 17 heteroatoms. The molecule has 16 nitrogen and oxygen atoms in total. The first-order valence-corrected chi connectivity index (χ1v) is 22.7. The number of amides is 3. The number of aromatic nitrogens is 4. The Hall–Kier alpha value is -5.88. The van der Waals surface area contributed by atoms with Crippen LogP contribution >= 0.6 is 11.3 Å². The molecule has 5 aromatic rings. The molecule has 1 aliphatic rings. The van der Waals surface area contributed by atoms with Crippen LogP contribution in [0.15, 0.2) is 78.4 Å². The molecule has 0 spiro atoms. The summed E-state index contributed by atoms with van der Waals surface area (Å²) >= 11 is 1.57. The zero-order valence-corrected chi connectivity index (χ0v) is 38.9. The molecule has 6 rings (SSSR count). The van der Waals surface area contributed by atoms with E-state index < -0.39 is 35.4 Å². The van der Waals surface area contributed by atoms with Crippen molar-refractivity contribution >= 4 is 29.1 Å². The summed E-state index contributed by atoms with van der Waals surface area (Å²) in [5.41, 5.74) is 7.09. The van der Waals surface area contributed by atoms with Gasteiger partial charge in [0.1, 0.15) is 36.7 Å². The number of ether oxygens (including phenoxy) is 5. The van der Waals surface area contributed by atoms with Crippen LogP contribution in [0.4, 0.5) is 0 Å². The summed E-state index contributed by atoms with van der Waals surface area (Å²) in [7, 11) is 3.27. The second kappa shape index (κ2) is 23.3. The molecule has 0 saturated carbocycles. The monoisotopic (exact) mass is 911 g/mol. The summed E-state index contributed by atoms with van der Waals surface area (Å²) in [5.74, 6) is 0.922. The van der Waals surface area contributed by atoms with Gasteiger partial charge in [-0.15, -0.1) is 16.4 Å². The minimum Gasteiger partial charge on any atom is -0.493 e. The van der Waals surface area contributed by atoms with Crippen LogP contribution in [0.3, 0.4) is 0 Å². The van der Waals surface area contributed by atoms with E-state index in [-0.39, 0.29) is 51.8 Å². The van der Waals surface area contributed by atoms with Gasteiger partial charge in [0, 0.05) is 19.5 Å². The highest BCUT2D eigenvalue weighted by molar-refractivity contribution is 7.13. The van der Waals surface area contributed by atoms with E-state index in [9.17, 15) is 19.5 Å². The zero-order chi connectivity index (χ0) is 46.3. The van der Waals surface area contributed by atoms with Crippen LogP contribution in [0.1, 0.15) is 61.7 Å². The molecule has 2 aromatic heterocycles. The van der Waals surface area contributed by atoms with E-state index in [2.05, 4.69) is 38.1 Å². The van der Waals surface area contributed by atoms with Crippen LogP contribution < -0.4 is 24.8 Å². The van der Waals surface area contributed by atoms with Crippen molar-refractivity contribution in [3.63, 3.8) is 0 Å². The Morgan fingerprint density at radius 1 is 0.923 bits per heavy atom. The first kappa shape index (κ1) is 48.6. The standard InChI is InChI=1S/C48H61N7O9S/c1-32-44(65-31-50-32)36-16-13-35(14-17-36)26-49-46(58)40-25-38(56)28-55(40)47(59)45(48(2,3)4)51-43(57)30-63-22-21-62-20-19-54-27-37(52-53-54)29-64-39-12-8-11-33(23-39)9-7-10-34-15-18-41(60-5)42(24-34)61-6/h8,11-18,23-24,27,31,38,40,45,56H,7,9-10,19-22,25-26,28-30H2,1-6H3,(H,49,58)(H,51,57)/t38-,40+,45-/m1/s1. The van der Waals surface area contributed by atoms with Gasteiger partial charge in [0.15, 0.2) is 11.5 Å². The van der Waals surface area contributed by atoms with Gasteiger partial charge in [-0.25, -0.2) is 9.67 Å². The van der Waals surface area contributed by atoms with Crippen molar-refractivity contribution in [2.45, 2.75) is 91.3 Å². The van der Waals surface area contributed by atoms with Crippen molar-refractivity contribution in [3.05, 3.63) is 107 Å². The number of methoxy groups -OCH3 is 2. The van der Waals surface area contributed by atoms with Gasteiger partial charge in [0.25, 0.3) is 0 Å². The van der Waals surface area contributed by atoms with Crippen molar-refractivity contribution in [2.24, 2.45) is 5.41 Å². The van der Waals surface area contributed by atoms with Crippen LogP contribution in [-0.2, 0) is 56.4 Å². The Labute approximate surface area is 384 Å². The average Bonchev–Trinajstić information content (AvgIpc) is 4.05. The smallest absolute Gasteiger partial charge is 0.246 e. The maximum atomic E-state index is 13.9. The molecule has 3 amide bonds. The van der Waals surface area contributed by atoms with Crippen molar-refractivity contribution in [3.8, 4) is 27.7 Å². The molecule has 1 aliphatic heterocycles. The number of thiazole rings is 1. The van der Waals surface area contributed by atoms with E-state index >= 15 is 0 Å². The molecular weight excluding hydrogens is 851 g/mol. The fraction of sp³-hybridized carbons (Fsp3) is 0.458. The molecule has 0 radical (unpaired) electrons. The number of aliphatic hydroxyl groups excluding tert-OH is 1. The van der Waals surface area contributed by atoms with E-state index in [1.165, 1.54) is 16.0 Å². The molecule has 0 bridgehead atoms. The molecule has 0 unspecified atom stereocenters. The van der Waals surface area contributed by atoms with Gasteiger partial charge in [0.05, 0.1) is 69.0 Å². The molecule has 1 fully saturated rings. The Balaban J connectivity index is 0.864. The number of rotatable bonds is 23. The SMILES string of the molecule is COc1ccc(CCCc2cccc(OCc3cn(CCOCCOCC(=O)N[C@H](C(=O)N4C[C@H](O)C[C@H]4C(=O)NCc4ccc(-c5scnc5C)cc4)C(C)(C)C)nn3)c2)cc1OC. The van der Waals surface area contributed by atoms with Crippen LogP contribution in [0.2, 0.25) is 0 Å². The van der Waals surface area contributed by atoms with Crippen molar-refractivity contribution < 1.29 is 43.2 Å². The van der Waals surface area contributed by atoms with Crippen molar-refractivity contribution in [2.75, 3.05) is 47.2 Å². The van der Waals surface area contributed by atoms with Crippen molar-refractivity contribution in [1.29, 1.82) is 0 Å². The highest BCUT2D eigenvalue weighted by atomic mass is 32.1. The van der Waals surface area contributed by atoms with Gasteiger partial charge in [-0.2, -0.15) is 0 Å². The third-order valence-electron chi connectivity index (χ3n) is 11.0. The van der Waals surface area contributed by atoms with Crippen LogP contribution in [0.25, 0.3) is 10.4 Å². The maximum absolute atomic E-state index is 13.9. The average molecular weight is 912 g/mol. The molecule has 3 aromatic carbocycles. The normalized spacial score (nSPS) is 15.4. The van der Waals surface area contributed by atoms with Gasteiger partial charge < -0.3 is 44.3 Å². The summed E-state index contributed by atoms with van der Waals surface area (Å²) < 4.78 is 29.7. The van der Waals surface area contributed by atoms with Gasteiger partial charge in [0.2, 0.25) is 17.7 Å². The summed E-state index contributed by atoms with van der Waals surface area (Å²) in [6.07, 6.45) is 3.83. The Bertz CT molecular complexity index is 2330. The number of hydrogen-bond acceptors (Lipinski definition) is 13. The Morgan fingerprint density at radius 3 is 2.38 bits per heavy atom. The number of hydrogen-bond donors (Lipinski definition) is 3. The van der Waals surface area contributed by atoms with E-state index in [4.69, 9.17) is 23.7 Å². The fourth-order valence-corrected chi connectivity index (χ4v) is 8.33. The van der Waals surface area contributed by atoms with Gasteiger partial charge in [-0.1, -0.05) is 68.4 Å². The number of carbonyl (C=O) groups excluding carboxylic acids is 3. The number of likely N-dealkylation sites (tertiary alicyclic amines) is 1. The molecule has 3 atom stereocenters. The van der Waals surface area contributed by atoms with Gasteiger partial charge in [-0.05, 0) is 78.1 Å². The summed E-state index contributed by atoms with van der Waals surface area (Å²) in [6.45, 7) is 8.90. The Kier molecular flexibility index (Phi) is 17.4. The lowest BCUT2D eigenvalue weighted by molar-refractivity contribution is -0.144. The highest BCUT2D eigenvalue weighted by Gasteiger charge is 2.44. The third kappa shape index (κ3) is 14.1. The molecule has 3 N–H and O–H groups in total. The summed E-state index contributed by atoms with van der Waals surface area (Å²) in [4.78, 5) is 47.2. The van der Waals surface area contributed by atoms with E-state index in [1.807, 2.05) is 94.0 Å². The first-order chi connectivity index (χ1) is 31.3. The van der Waals surface area contributed by atoms with Gasteiger partial charge >= 0.3 is 0 Å². The zero-order valence-electron chi connectivity index (χ0n) is 38.1. The number of benzene rings is 3. The molecule has 0 aliphatic carbocycles. The lowest BCUT2D eigenvalue weighted by Crippen LogP contribution is -2.58. The number of aryl methyl sites for hydroxylation is 3. The molecule has 348 valence electrons. The number of nitrogens with one attached hydrogen (secondary N) is 2. The predicted octanol–water partition coefficient (Wildman–Crippen LogP) is 5.32. The number of carbonyl (C=O) groups is 3. The van der Waals surface area contributed by atoms with Crippen molar-refractivity contribution in [1.82, 2.24) is 35.5 Å².